The molecule has 49 heavy (non-hydrogen) atoms. The molecule has 2 aromatic carbocycles. The molecule has 4 aliphatic heterocycles. The fourth-order valence-electron chi connectivity index (χ4n) is 8.01. The zero-order valence-corrected chi connectivity index (χ0v) is 28.1. The van der Waals surface area contributed by atoms with E-state index in [0.717, 1.165) is 67.6 Å². The van der Waals surface area contributed by atoms with Gasteiger partial charge < -0.3 is 39.2 Å². The van der Waals surface area contributed by atoms with E-state index in [1.165, 1.54) is 0 Å². The van der Waals surface area contributed by atoms with Gasteiger partial charge in [0.2, 0.25) is 0 Å². The highest BCUT2D eigenvalue weighted by atomic mass is 16.6. The van der Waals surface area contributed by atoms with Gasteiger partial charge in [0.25, 0.3) is 5.91 Å². The molecule has 3 aromatic rings. The Labute approximate surface area is 285 Å². The molecule has 13 heteroatoms. The number of piperidine rings is 3. The first-order chi connectivity index (χ1) is 23.7. The van der Waals surface area contributed by atoms with Gasteiger partial charge in [-0.05, 0) is 80.7 Å². The highest BCUT2D eigenvalue weighted by Crippen LogP contribution is 2.27. The number of ether oxygens (including phenoxy) is 1. The maximum atomic E-state index is 14.1. The van der Waals surface area contributed by atoms with Crippen molar-refractivity contribution in [3.8, 4) is 0 Å². The van der Waals surface area contributed by atoms with E-state index in [1.807, 2.05) is 42.2 Å². The monoisotopic (exact) mass is 674 g/mol. The minimum atomic E-state index is -1.05. The number of carbonyl (C=O) groups is 3. The molecule has 0 unspecified atom stereocenters. The van der Waals surface area contributed by atoms with E-state index in [4.69, 9.17) is 9.15 Å². The molecule has 262 valence electrons. The zero-order valence-electron chi connectivity index (χ0n) is 28.1. The highest BCUT2D eigenvalue weighted by Gasteiger charge is 2.36. The topological polar surface area (TPSA) is 152 Å². The van der Waals surface area contributed by atoms with Gasteiger partial charge in [0.1, 0.15) is 0 Å². The third-order valence-corrected chi connectivity index (χ3v) is 10.8. The Balaban J connectivity index is 1.01. The summed E-state index contributed by atoms with van der Waals surface area (Å²) >= 11 is 0. The standard InChI is InChI=1S/C36H46N6O7/c1-23-20-24(21-30-32(23)38-35(46)48-30)22-31(33(44)40-13-7-26(8-14-40)39-17-11-28(43)12-18-39)49-36(47)41-15-9-27(10-16-41)42-19-6-25-4-2-3-5-29(25)37-34(42)45/h2-5,20-21,26-28,31,43H,6-19,22H2,1H3,(H,37,45)(H,38,46)/t31-/m1/s1. The van der Waals surface area contributed by atoms with E-state index < -0.39 is 18.0 Å². The number of anilines is 1. The average Bonchev–Trinajstić information content (AvgIpc) is 3.40. The number of oxazole rings is 1. The van der Waals surface area contributed by atoms with Gasteiger partial charge in [0.15, 0.2) is 11.7 Å². The number of nitrogens with zero attached hydrogens (tertiary/aromatic N) is 4. The van der Waals surface area contributed by atoms with Crippen LogP contribution in [0.15, 0.2) is 45.6 Å². The van der Waals surface area contributed by atoms with Crippen LogP contribution in [-0.4, -0.2) is 118 Å². The summed E-state index contributed by atoms with van der Waals surface area (Å²) in [5.74, 6) is -0.782. The Hall–Kier alpha value is -4.36. The lowest BCUT2D eigenvalue weighted by molar-refractivity contribution is -0.142. The van der Waals surface area contributed by atoms with Crippen LogP contribution in [0.1, 0.15) is 55.2 Å². The third-order valence-electron chi connectivity index (χ3n) is 10.8. The number of rotatable bonds is 6. The molecule has 0 spiro atoms. The molecule has 4 amide bonds. The molecule has 0 bridgehead atoms. The molecule has 0 aliphatic carbocycles. The number of amides is 4. The number of urea groups is 1. The van der Waals surface area contributed by atoms with Crippen LogP contribution in [0.2, 0.25) is 0 Å². The predicted octanol–water partition coefficient (Wildman–Crippen LogP) is 3.48. The number of aromatic nitrogens is 1. The number of H-pyrrole nitrogens is 1. The molecule has 3 saturated heterocycles. The lowest BCUT2D eigenvalue weighted by Crippen LogP contribution is -2.53. The van der Waals surface area contributed by atoms with Gasteiger partial charge in [-0.2, -0.15) is 0 Å². The van der Waals surface area contributed by atoms with E-state index >= 15 is 0 Å². The van der Waals surface area contributed by atoms with Crippen molar-refractivity contribution in [1.29, 1.82) is 0 Å². The van der Waals surface area contributed by atoms with Crippen molar-refractivity contribution in [2.75, 3.05) is 51.1 Å². The first-order valence-corrected chi connectivity index (χ1v) is 17.7. The lowest BCUT2D eigenvalue weighted by Gasteiger charge is -2.41. The van der Waals surface area contributed by atoms with Crippen molar-refractivity contribution in [2.24, 2.45) is 0 Å². The Bertz CT molecular complexity index is 1730. The Morgan fingerprint density at radius 2 is 1.61 bits per heavy atom. The summed E-state index contributed by atoms with van der Waals surface area (Å²) in [6.07, 6.45) is 3.51. The van der Waals surface area contributed by atoms with Crippen LogP contribution in [0.25, 0.3) is 11.1 Å². The van der Waals surface area contributed by atoms with E-state index in [2.05, 4.69) is 15.2 Å². The summed E-state index contributed by atoms with van der Waals surface area (Å²) in [6, 6.07) is 11.7. The largest absolute Gasteiger partial charge is 0.436 e. The van der Waals surface area contributed by atoms with Gasteiger partial charge in [0.05, 0.1) is 11.6 Å². The van der Waals surface area contributed by atoms with Crippen molar-refractivity contribution in [3.05, 3.63) is 63.6 Å². The van der Waals surface area contributed by atoms with Gasteiger partial charge in [-0.1, -0.05) is 24.3 Å². The van der Waals surface area contributed by atoms with Crippen LogP contribution < -0.4 is 11.1 Å². The highest BCUT2D eigenvalue weighted by molar-refractivity contribution is 5.91. The number of carbonyl (C=O) groups excluding carboxylic acids is 3. The zero-order chi connectivity index (χ0) is 34.1. The van der Waals surface area contributed by atoms with Crippen molar-refractivity contribution in [1.82, 2.24) is 24.6 Å². The Morgan fingerprint density at radius 3 is 2.37 bits per heavy atom. The molecule has 7 rings (SSSR count). The molecule has 1 aromatic heterocycles. The number of likely N-dealkylation sites (tertiary alicyclic amines) is 3. The number of benzene rings is 2. The van der Waals surface area contributed by atoms with E-state index in [9.17, 15) is 24.3 Å². The number of aromatic amines is 1. The molecular formula is C36H46N6O7. The minimum Gasteiger partial charge on any atom is -0.436 e. The number of aryl methyl sites for hydroxylation is 1. The Morgan fingerprint density at radius 1 is 0.918 bits per heavy atom. The van der Waals surface area contributed by atoms with Crippen LogP contribution in [0.5, 0.6) is 0 Å². The minimum absolute atomic E-state index is 0.00837. The molecule has 4 aliphatic rings. The first-order valence-electron chi connectivity index (χ1n) is 17.7. The van der Waals surface area contributed by atoms with Crippen LogP contribution in [0.4, 0.5) is 15.3 Å². The summed E-state index contributed by atoms with van der Waals surface area (Å²) in [5, 5.41) is 13.0. The summed E-state index contributed by atoms with van der Waals surface area (Å²) in [5.41, 5.74) is 4.48. The molecule has 1 atom stereocenters. The summed E-state index contributed by atoms with van der Waals surface area (Å²) in [6.45, 7) is 6.15. The Kier molecular flexibility index (Phi) is 9.64. The number of fused-ring (bicyclic) bond motifs is 2. The second kappa shape index (κ2) is 14.2. The smallest absolute Gasteiger partial charge is 0.417 e. The van der Waals surface area contributed by atoms with Crippen molar-refractivity contribution in [2.45, 2.75) is 82.6 Å². The number of hydrogen-bond acceptors (Lipinski definition) is 8. The van der Waals surface area contributed by atoms with Crippen LogP contribution in [-0.2, 0) is 22.4 Å². The fraction of sp³-hybridized carbons (Fsp3) is 0.556. The molecule has 3 N–H and O–H groups in total. The first kappa shape index (κ1) is 33.2. The number of nitrogens with one attached hydrogen (secondary N) is 2. The molecule has 5 heterocycles. The van der Waals surface area contributed by atoms with Gasteiger partial charge in [-0.3, -0.25) is 9.78 Å². The van der Waals surface area contributed by atoms with E-state index in [0.29, 0.717) is 62.7 Å². The van der Waals surface area contributed by atoms with E-state index in [1.54, 1.807) is 15.9 Å². The molecule has 3 fully saturated rings. The quantitative estimate of drug-likeness (QED) is 0.360. The maximum absolute atomic E-state index is 14.1. The molecule has 13 nitrogen and oxygen atoms in total. The van der Waals surface area contributed by atoms with Crippen molar-refractivity contribution < 1.29 is 28.6 Å². The lowest BCUT2D eigenvalue weighted by atomic mass is 9.98. The SMILES string of the molecule is Cc1cc(C[C@@H](OC(=O)N2CCC(N3CCc4ccccc4NC3=O)CC2)C(=O)N2CCC(N3CCC(O)CC3)CC2)cc2oc(=O)[nH]c12. The van der Waals surface area contributed by atoms with Crippen LogP contribution in [0, 0.1) is 6.92 Å². The second-order valence-electron chi connectivity index (χ2n) is 13.9. The number of aliphatic hydroxyl groups excluding tert-OH is 1. The second-order valence-corrected chi connectivity index (χ2v) is 13.9. The number of para-hydroxylation sites is 1. The molecular weight excluding hydrogens is 628 g/mol. The molecule has 0 saturated carbocycles. The summed E-state index contributed by atoms with van der Waals surface area (Å²) < 4.78 is 11.4. The predicted molar refractivity (Wildman–Crippen MR) is 182 cm³/mol. The van der Waals surface area contributed by atoms with Crippen LogP contribution >= 0.6 is 0 Å². The van der Waals surface area contributed by atoms with Crippen molar-refractivity contribution >= 4 is 34.8 Å². The summed E-state index contributed by atoms with van der Waals surface area (Å²) in [4.78, 5) is 63.1. The van der Waals surface area contributed by atoms with Gasteiger partial charge >= 0.3 is 17.9 Å². The van der Waals surface area contributed by atoms with Gasteiger partial charge in [-0.25, -0.2) is 14.4 Å². The maximum Gasteiger partial charge on any atom is 0.417 e. The summed E-state index contributed by atoms with van der Waals surface area (Å²) in [7, 11) is 0. The van der Waals surface area contributed by atoms with Crippen LogP contribution in [0.3, 0.4) is 0 Å². The van der Waals surface area contributed by atoms with Crippen molar-refractivity contribution in [3.63, 3.8) is 0 Å². The number of hydrogen-bond donors (Lipinski definition) is 3. The normalized spacial score (nSPS) is 20.9. The number of aliphatic hydroxyl groups is 1. The van der Waals surface area contributed by atoms with Gasteiger partial charge in [-0.15, -0.1) is 0 Å². The third kappa shape index (κ3) is 7.32. The van der Waals surface area contributed by atoms with E-state index in [-0.39, 0.29) is 30.5 Å². The molecule has 0 radical (unpaired) electrons. The average molecular weight is 675 g/mol. The van der Waals surface area contributed by atoms with Gasteiger partial charge in [0, 0.05) is 70.0 Å². The fourth-order valence-corrected chi connectivity index (χ4v) is 8.01.